The van der Waals surface area contributed by atoms with Crippen LogP contribution in [0.15, 0.2) is 53.7 Å². The van der Waals surface area contributed by atoms with E-state index in [1.54, 1.807) is 11.1 Å². The van der Waals surface area contributed by atoms with Gasteiger partial charge in [-0.25, -0.2) is 12.8 Å². The molecule has 3 rings (SSSR count). The maximum absolute atomic E-state index is 13.8. The molecule has 0 bridgehead atoms. The Labute approximate surface area is 170 Å². The zero-order chi connectivity index (χ0) is 21.0. The van der Waals surface area contributed by atoms with Crippen LogP contribution in [-0.4, -0.2) is 61.3 Å². The minimum Gasteiger partial charge on any atom is -0.339 e. The number of nitrogens with zero attached hydrogens (tertiary/aromatic N) is 3. The summed E-state index contributed by atoms with van der Waals surface area (Å²) in [7, 11) is -4.12. The number of carbonyl (C=O) groups is 1. The molecule has 2 heterocycles. The fourth-order valence-electron chi connectivity index (χ4n) is 3.45. The van der Waals surface area contributed by atoms with Crippen molar-refractivity contribution < 1.29 is 17.6 Å². The van der Waals surface area contributed by atoms with Gasteiger partial charge in [-0.05, 0) is 37.6 Å². The maximum atomic E-state index is 13.8. The molecule has 1 saturated heterocycles. The summed E-state index contributed by atoms with van der Waals surface area (Å²) in [6.07, 6.45) is 3.57. The third-order valence-electron chi connectivity index (χ3n) is 5.17. The Morgan fingerprint density at radius 3 is 2.41 bits per heavy atom. The number of sulfonamides is 1. The maximum Gasteiger partial charge on any atom is 0.244 e. The first-order valence-corrected chi connectivity index (χ1v) is 11.0. The predicted octanol–water partition coefficient (Wildman–Crippen LogP) is 1.79. The molecule has 1 aliphatic rings. The van der Waals surface area contributed by atoms with Crippen molar-refractivity contribution in [1.82, 2.24) is 19.5 Å². The number of aromatic nitrogens is 1. The van der Waals surface area contributed by atoms with Crippen molar-refractivity contribution in [3.8, 4) is 0 Å². The number of rotatable bonds is 6. The minimum absolute atomic E-state index is 0.179. The third kappa shape index (κ3) is 4.98. The zero-order valence-corrected chi connectivity index (χ0v) is 17.3. The van der Waals surface area contributed by atoms with Crippen LogP contribution < -0.4 is 4.72 Å². The average molecular weight is 421 g/mol. The molecule has 0 aliphatic carbocycles. The quantitative estimate of drug-likeness (QED) is 0.771. The summed E-state index contributed by atoms with van der Waals surface area (Å²) in [5.41, 5.74) is 1.11. The Kier molecular flexibility index (Phi) is 6.61. The fourth-order valence-corrected chi connectivity index (χ4v) is 4.72. The van der Waals surface area contributed by atoms with Gasteiger partial charge in [-0.2, -0.15) is 4.72 Å². The van der Waals surface area contributed by atoms with Gasteiger partial charge < -0.3 is 4.90 Å². The number of halogens is 1. The molecule has 1 fully saturated rings. The average Bonchev–Trinajstić information content (AvgIpc) is 2.73. The first-order valence-electron chi connectivity index (χ1n) is 9.49. The van der Waals surface area contributed by atoms with Crippen LogP contribution in [0.25, 0.3) is 0 Å². The van der Waals surface area contributed by atoms with Crippen molar-refractivity contribution in [3.05, 3.63) is 60.2 Å². The molecule has 1 unspecified atom stereocenters. The van der Waals surface area contributed by atoms with Crippen LogP contribution in [-0.2, 0) is 14.8 Å². The lowest BCUT2D eigenvalue weighted by molar-refractivity contribution is -0.134. The Morgan fingerprint density at radius 1 is 1.10 bits per heavy atom. The summed E-state index contributed by atoms with van der Waals surface area (Å²) in [4.78, 5) is 20.3. The molecule has 1 aromatic heterocycles. The second-order valence-electron chi connectivity index (χ2n) is 7.10. The fraction of sp³-hybridized carbons (Fsp3) is 0.400. The van der Waals surface area contributed by atoms with Gasteiger partial charge in [0.1, 0.15) is 10.7 Å². The predicted molar refractivity (Wildman–Crippen MR) is 107 cm³/mol. The third-order valence-corrected chi connectivity index (χ3v) is 6.74. The second-order valence-corrected chi connectivity index (χ2v) is 8.78. The van der Waals surface area contributed by atoms with Gasteiger partial charge in [0.2, 0.25) is 15.9 Å². The molecule has 29 heavy (non-hydrogen) atoms. The number of piperazine rings is 1. The first-order chi connectivity index (χ1) is 13.8. The Bertz CT molecular complexity index is 947. The summed E-state index contributed by atoms with van der Waals surface area (Å²) in [6, 6.07) is 8.21. The largest absolute Gasteiger partial charge is 0.339 e. The number of carbonyl (C=O) groups excluding carboxylic acids is 1. The highest BCUT2D eigenvalue weighted by Gasteiger charge is 2.30. The van der Waals surface area contributed by atoms with Crippen molar-refractivity contribution >= 4 is 15.9 Å². The van der Waals surface area contributed by atoms with E-state index in [0.29, 0.717) is 26.2 Å². The van der Waals surface area contributed by atoms with Crippen molar-refractivity contribution in [2.24, 2.45) is 0 Å². The van der Waals surface area contributed by atoms with E-state index in [-0.39, 0.29) is 11.9 Å². The first kappa shape index (κ1) is 21.4. The molecule has 1 amide bonds. The van der Waals surface area contributed by atoms with Crippen molar-refractivity contribution in [2.75, 3.05) is 26.2 Å². The van der Waals surface area contributed by atoms with E-state index in [1.165, 1.54) is 25.1 Å². The van der Waals surface area contributed by atoms with Gasteiger partial charge in [0.25, 0.3) is 0 Å². The van der Waals surface area contributed by atoms with Crippen molar-refractivity contribution in [2.45, 2.75) is 30.8 Å². The molecule has 1 N–H and O–H groups in total. The molecular weight excluding hydrogens is 395 g/mol. The lowest BCUT2D eigenvalue weighted by Gasteiger charge is -2.39. The molecule has 2 atom stereocenters. The lowest BCUT2D eigenvalue weighted by atomic mass is 10.1. The second kappa shape index (κ2) is 8.98. The molecule has 9 heteroatoms. The lowest BCUT2D eigenvalue weighted by Crippen LogP contribution is -2.54. The molecular formula is C20H25FN4O3S. The van der Waals surface area contributed by atoms with Crippen molar-refractivity contribution in [1.29, 1.82) is 0 Å². The van der Waals surface area contributed by atoms with Crippen LogP contribution in [0.1, 0.15) is 25.5 Å². The van der Waals surface area contributed by atoms with Crippen molar-refractivity contribution in [3.63, 3.8) is 0 Å². The number of nitrogens with one attached hydrogen (secondary N) is 1. The van der Waals surface area contributed by atoms with E-state index >= 15 is 0 Å². The molecule has 0 radical (unpaired) electrons. The number of hydrogen-bond donors (Lipinski definition) is 1. The monoisotopic (exact) mass is 420 g/mol. The summed E-state index contributed by atoms with van der Waals surface area (Å²) in [5.74, 6) is -1.17. The van der Waals surface area contributed by atoms with Gasteiger partial charge >= 0.3 is 0 Å². The van der Waals surface area contributed by atoms with Crippen LogP contribution in [0, 0.1) is 5.82 Å². The Balaban J connectivity index is 1.58. The van der Waals surface area contributed by atoms with Gasteiger partial charge in [0, 0.05) is 44.6 Å². The molecule has 0 spiro atoms. The number of amides is 1. The number of pyridine rings is 1. The molecule has 1 aromatic carbocycles. The van der Waals surface area contributed by atoms with Crippen LogP contribution in [0.5, 0.6) is 0 Å². The number of hydrogen-bond acceptors (Lipinski definition) is 5. The Hall–Kier alpha value is -2.36. The molecule has 7 nitrogen and oxygen atoms in total. The van der Waals surface area contributed by atoms with E-state index in [9.17, 15) is 17.6 Å². The normalized spacial score (nSPS) is 17.7. The van der Waals surface area contributed by atoms with E-state index in [2.05, 4.69) is 21.5 Å². The smallest absolute Gasteiger partial charge is 0.244 e. The van der Waals surface area contributed by atoms with Gasteiger partial charge in [0.05, 0.1) is 6.04 Å². The van der Waals surface area contributed by atoms with Crippen LogP contribution in [0.2, 0.25) is 0 Å². The standard InChI is InChI=1S/C20H25FN4O3S/c1-15(23-29(27,28)19-8-4-3-7-18(19)21)20(26)25-12-10-24(11-13-25)16(2)17-6-5-9-22-14-17/h3-9,14-16,23H,10-13H2,1-2H3/t15-,16?/m0/s1. The molecule has 1 aliphatic heterocycles. The van der Waals surface area contributed by atoms with E-state index in [1.807, 2.05) is 18.3 Å². The van der Waals surface area contributed by atoms with Gasteiger partial charge in [-0.1, -0.05) is 18.2 Å². The summed E-state index contributed by atoms with van der Waals surface area (Å²) >= 11 is 0. The Morgan fingerprint density at radius 2 is 1.79 bits per heavy atom. The summed E-state index contributed by atoms with van der Waals surface area (Å²) in [6.45, 7) is 5.92. The summed E-state index contributed by atoms with van der Waals surface area (Å²) in [5, 5.41) is 0. The number of benzene rings is 1. The highest BCUT2D eigenvalue weighted by Crippen LogP contribution is 2.21. The highest BCUT2D eigenvalue weighted by atomic mass is 32.2. The topological polar surface area (TPSA) is 82.6 Å². The minimum atomic E-state index is -4.12. The van der Waals surface area contributed by atoms with E-state index in [4.69, 9.17) is 0 Å². The molecule has 2 aromatic rings. The van der Waals surface area contributed by atoms with Gasteiger partial charge in [-0.3, -0.25) is 14.7 Å². The molecule has 0 saturated carbocycles. The highest BCUT2D eigenvalue weighted by molar-refractivity contribution is 7.89. The van der Waals surface area contributed by atoms with Gasteiger partial charge in [0.15, 0.2) is 0 Å². The van der Waals surface area contributed by atoms with E-state index in [0.717, 1.165) is 11.6 Å². The van der Waals surface area contributed by atoms with Crippen LogP contribution >= 0.6 is 0 Å². The van der Waals surface area contributed by atoms with E-state index < -0.39 is 26.8 Å². The van der Waals surface area contributed by atoms with Gasteiger partial charge in [-0.15, -0.1) is 0 Å². The van der Waals surface area contributed by atoms with Crippen LogP contribution in [0.3, 0.4) is 0 Å². The molecule has 156 valence electrons. The SMILES string of the molecule is CC(c1cccnc1)N1CCN(C(=O)[C@H](C)NS(=O)(=O)c2ccccc2F)CC1. The summed E-state index contributed by atoms with van der Waals surface area (Å²) < 4.78 is 40.9. The zero-order valence-electron chi connectivity index (χ0n) is 16.5. The van der Waals surface area contributed by atoms with Crippen LogP contribution in [0.4, 0.5) is 4.39 Å².